The maximum atomic E-state index is 10.6. The van der Waals surface area contributed by atoms with E-state index in [-0.39, 0.29) is 6.42 Å². The van der Waals surface area contributed by atoms with Crippen molar-refractivity contribution in [2.45, 2.75) is 52.1 Å². The summed E-state index contributed by atoms with van der Waals surface area (Å²) in [6.45, 7) is 2.69. The van der Waals surface area contributed by atoms with Crippen molar-refractivity contribution in [2.24, 2.45) is 0 Å². The second-order valence-electron chi connectivity index (χ2n) is 7.29. The van der Waals surface area contributed by atoms with E-state index in [2.05, 4.69) is 49.4 Å². The van der Waals surface area contributed by atoms with E-state index in [4.69, 9.17) is 9.84 Å². The monoisotopic (exact) mass is 376 g/mol. The Morgan fingerprint density at radius 3 is 2.36 bits per heavy atom. The molecule has 0 amide bonds. The molecule has 28 heavy (non-hydrogen) atoms. The molecule has 0 unspecified atom stereocenters. The molecule has 0 spiro atoms. The SMILES string of the molecule is Cc1ccc(COc2ccccc2CCCCCCC(=O)O)c2ccccc12. The lowest BCUT2D eigenvalue weighted by molar-refractivity contribution is -0.137. The van der Waals surface area contributed by atoms with E-state index >= 15 is 0 Å². The fourth-order valence-electron chi connectivity index (χ4n) is 3.59. The number of carbonyl (C=O) groups is 1. The third-order valence-corrected chi connectivity index (χ3v) is 5.17. The minimum absolute atomic E-state index is 0.268. The zero-order valence-electron chi connectivity index (χ0n) is 16.5. The lowest BCUT2D eigenvalue weighted by Gasteiger charge is -2.14. The van der Waals surface area contributed by atoms with Crippen molar-refractivity contribution in [2.75, 3.05) is 0 Å². The van der Waals surface area contributed by atoms with Crippen LogP contribution in [0.25, 0.3) is 10.8 Å². The number of hydrogen-bond donors (Lipinski definition) is 1. The minimum Gasteiger partial charge on any atom is -0.489 e. The molecule has 3 heteroatoms. The summed E-state index contributed by atoms with van der Waals surface area (Å²) in [5.41, 5.74) is 3.70. The Kier molecular flexibility index (Phi) is 7.07. The molecule has 3 nitrogen and oxygen atoms in total. The highest BCUT2D eigenvalue weighted by Crippen LogP contribution is 2.26. The quantitative estimate of drug-likeness (QED) is 0.422. The molecule has 0 radical (unpaired) electrons. The molecule has 3 rings (SSSR count). The Labute approximate surface area is 167 Å². The molecule has 0 aliphatic rings. The molecule has 1 N–H and O–H groups in total. The summed E-state index contributed by atoms with van der Waals surface area (Å²) < 4.78 is 6.20. The van der Waals surface area contributed by atoms with Crippen molar-refractivity contribution in [1.29, 1.82) is 0 Å². The van der Waals surface area contributed by atoms with Gasteiger partial charge in [-0.05, 0) is 59.7 Å². The van der Waals surface area contributed by atoms with Crippen molar-refractivity contribution >= 4 is 16.7 Å². The Morgan fingerprint density at radius 1 is 0.821 bits per heavy atom. The topological polar surface area (TPSA) is 46.5 Å². The van der Waals surface area contributed by atoms with Gasteiger partial charge in [0.25, 0.3) is 0 Å². The number of carboxylic acids is 1. The van der Waals surface area contributed by atoms with E-state index in [0.717, 1.165) is 37.9 Å². The predicted molar refractivity (Wildman–Crippen MR) is 114 cm³/mol. The molecule has 146 valence electrons. The van der Waals surface area contributed by atoms with Gasteiger partial charge in [0.2, 0.25) is 0 Å². The van der Waals surface area contributed by atoms with Gasteiger partial charge in [0.05, 0.1) is 0 Å². The van der Waals surface area contributed by atoms with E-state index in [0.29, 0.717) is 6.61 Å². The number of fused-ring (bicyclic) bond motifs is 1. The van der Waals surface area contributed by atoms with E-state index in [1.807, 2.05) is 18.2 Å². The van der Waals surface area contributed by atoms with Gasteiger partial charge in [-0.2, -0.15) is 0 Å². The van der Waals surface area contributed by atoms with Crippen molar-refractivity contribution < 1.29 is 14.6 Å². The standard InChI is InChI=1S/C25H28O3/c1-19-16-17-21(23-13-8-7-12-22(19)23)18-28-24-14-9-6-11-20(24)10-4-2-3-5-15-25(26)27/h6-9,11-14,16-17H,2-5,10,15,18H2,1H3,(H,26,27). The Hall–Kier alpha value is -2.81. The van der Waals surface area contributed by atoms with Gasteiger partial charge >= 0.3 is 5.97 Å². The summed E-state index contributed by atoms with van der Waals surface area (Å²) in [7, 11) is 0. The summed E-state index contributed by atoms with van der Waals surface area (Å²) in [6.07, 6.45) is 5.04. The first kappa shape index (κ1) is 19.9. The van der Waals surface area contributed by atoms with Crippen LogP contribution in [-0.4, -0.2) is 11.1 Å². The van der Waals surface area contributed by atoms with Gasteiger partial charge in [0.15, 0.2) is 0 Å². The van der Waals surface area contributed by atoms with Crippen molar-refractivity contribution in [3.63, 3.8) is 0 Å². The molecule has 0 bridgehead atoms. The molecule has 0 aliphatic carbocycles. The summed E-state index contributed by atoms with van der Waals surface area (Å²) >= 11 is 0. The van der Waals surface area contributed by atoms with Gasteiger partial charge < -0.3 is 9.84 Å². The maximum Gasteiger partial charge on any atom is 0.303 e. The van der Waals surface area contributed by atoms with Gasteiger partial charge in [0.1, 0.15) is 12.4 Å². The number of carboxylic acid groups (broad SMARTS) is 1. The zero-order chi connectivity index (χ0) is 19.8. The van der Waals surface area contributed by atoms with E-state index in [1.54, 1.807) is 0 Å². The summed E-state index contributed by atoms with van der Waals surface area (Å²) in [5.74, 6) is 0.236. The van der Waals surface area contributed by atoms with Crippen LogP contribution in [0.15, 0.2) is 60.7 Å². The zero-order valence-corrected chi connectivity index (χ0v) is 16.5. The fraction of sp³-hybridized carbons (Fsp3) is 0.320. The fourth-order valence-corrected chi connectivity index (χ4v) is 3.59. The van der Waals surface area contributed by atoms with Crippen LogP contribution in [0.3, 0.4) is 0 Å². The number of ether oxygens (including phenoxy) is 1. The van der Waals surface area contributed by atoms with Gasteiger partial charge in [-0.1, -0.05) is 67.4 Å². The van der Waals surface area contributed by atoms with Crippen molar-refractivity contribution in [3.05, 3.63) is 77.4 Å². The largest absolute Gasteiger partial charge is 0.489 e. The first-order valence-electron chi connectivity index (χ1n) is 10.0. The van der Waals surface area contributed by atoms with Crippen LogP contribution < -0.4 is 4.74 Å². The molecule has 0 heterocycles. The van der Waals surface area contributed by atoms with Crippen LogP contribution in [-0.2, 0) is 17.8 Å². The minimum atomic E-state index is -0.706. The van der Waals surface area contributed by atoms with Crippen LogP contribution in [0, 0.1) is 6.92 Å². The van der Waals surface area contributed by atoms with Crippen LogP contribution >= 0.6 is 0 Å². The normalized spacial score (nSPS) is 10.9. The van der Waals surface area contributed by atoms with Crippen LogP contribution in [0.5, 0.6) is 5.75 Å². The number of para-hydroxylation sites is 1. The molecule has 3 aromatic carbocycles. The molecule has 0 atom stereocenters. The molecule has 0 saturated heterocycles. The molecule has 3 aromatic rings. The first-order chi connectivity index (χ1) is 13.6. The lowest BCUT2D eigenvalue weighted by Crippen LogP contribution is -2.00. The number of benzene rings is 3. The van der Waals surface area contributed by atoms with E-state index < -0.39 is 5.97 Å². The molecule has 0 aliphatic heterocycles. The van der Waals surface area contributed by atoms with Gasteiger partial charge in [0, 0.05) is 6.42 Å². The molecule has 0 aromatic heterocycles. The highest BCUT2D eigenvalue weighted by atomic mass is 16.5. The number of aryl methyl sites for hydroxylation is 2. The number of hydrogen-bond acceptors (Lipinski definition) is 2. The summed E-state index contributed by atoms with van der Waals surface area (Å²) in [5, 5.41) is 11.2. The second kappa shape index (κ2) is 9.93. The van der Waals surface area contributed by atoms with Crippen LogP contribution in [0.1, 0.15) is 48.8 Å². The van der Waals surface area contributed by atoms with Crippen molar-refractivity contribution in [1.82, 2.24) is 0 Å². The number of aliphatic carboxylic acids is 1. The lowest BCUT2D eigenvalue weighted by atomic mass is 10.0. The highest BCUT2D eigenvalue weighted by molar-refractivity contribution is 5.88. The Morgan fingerprint density at radius 2 is 1.54 bits per heavy atom. The van der Waals surface area contributed by atoms with Gasteiger partial charge in [-0.15, -0.1) is 0 Å². The third kappa shape index (κ3) is 5.35. The average Bonchev–Trinajstić information content (AvgIpc) is 2.71. The predicted octanol–water partition coefficient (Wildman–Crippen LogP) is 6.30. The van der Waals surface area contributed by atoms with Crippen LogP contribution in [0.4, 0.5) is 0 Å². The maximum absolute atomic E-state index is 10.6. The smallest absolute Gasteiger partial charge is 0.303 e. The Balaban J connectivity index is 1.60. The summed E-state index contributed by atoms with van der Waals surface area (Å²) in [4.78, 5) is 10.6. The third-order valence-electron chi connectivity index (χ3n) is 5.17. The second-order valence-corrected chi connectivity index (χ2v) is 7.29. The van der Waals surface area contributed by atoms with E-state index in [1.165, 1.54) is 27.5 Å². The van der Waals surface area contributed by atoms with Crippen LogP contribution in [0.2, 0.25) is 0 Å². The number of unbranched alkanes of at least 4 members (excludes halogenated alkanes) is 3. The van der Waals surface area contributed by atoms with E-state index in [9.17, 15) is 4.79 Å². The van der Waals surface area contributed by atoms with Gasteiger partial charge in [-0.25, -0.2) is 0 Å². The molecular formula is C25H28O3. The molecular weight excluding hydrogens is 348 g/mol. The average molecular weight is 376 g/mol. The Bertz CT molecular complexity index is 930. The number of rotatable bonds is 10. The van der Waals surface area contributed by atoms with Gasteiger partial charge in [-0.3, -0.25) is 4.79 Å². The first-order valence-corrected chi connectivity index (χ1v) is 10.0. The highest BCUT2D eigenvalue weighted by Gasteiger charge is 2.07. The summed E-state index contributed by atoms with van der Waals surface area (Å²) in [6, 6.07) is 21.0. The van der Waals surface area contributed by atoms with Crippen molar-refractivity contribution in [3.8, 4) is 5.75 Å². The molecule has 0 fully saturated rings. The molecule has 0 saturated carbocycles.